The van der Waals surface area contributed by atoms with Crippen LogP contribution in [0.2, 0.25) is 5.02 Å². The van der Waals surface area contributed by atoms with Crippen LogP contribution in [0.25, 0.3) is 0 Å². The molecular weight excluding hydrogens is 348 g/mol. The van der Waals surface area contributed by atoms with Crippen molar-refractivity contribution in [3.05, 3.63) is 58.6 Å². The van der Waals surface area contributed by atoms with Gasteiger partial charge in [0.1, 0.15) is 0 Å². The van der Waals surface area contributed by atoms with Crippen LogP contribution in [0, 0.1) is 0 Å². The van der Waals surface area contributed by atoms with Gasteiger partial charge in [0.05, 0.1) is 11.9 Å². The maximum absolute atomic E-state index is 12.4. The largest absolute Gasteiger partial charge is 0.322 e. The highest BCUT2D eigenvalue weighted by atomic mass is 35.5. The van der Waals surface area contributed by atoms with E-state index in [1.54, 1.807) is 42.5 Å². The molecule has 0 radical (unpaired) electrons. The van der Waals surface area contributed by atoms with Gasteiger partial charge in [-0.05, 0) is 55.3 Å². The molecule has 2 aromatic rings. The number of anilines is 2. The molecule has 24 heavy (non-hydrogen) atoms. The van der Waals surface area contributed by atoms with Gasteiger partial charge in [0, 0.05) is 22.3 Å². The van der Waals surface area contributed by atoms with Gasteiger partial charge in [-0.2, -0.15) is 0 Å². The van der Waals surface area contributed by atoms with Crippen molar-refractivity contribution >= 4 is 38.9 Å². The minimum atomic E-state index is -3.33. The van der Waals surface area contributed by atoms with Gasteiger partial charge in [0.15, 0.2) is 0 Å². The summed E-state index contributed by atoms with van der Waals surface area (Å²) in [5.41, 5.74) is 2.59. The van der Waals surface area contributed by atoms with Crippen molar-refractivity contribution in [1.29, 1.82) is 0 Å². The lowest BCUT2D eigenvalue weighted by molar-refractivity contribution is 0.102. The van der Waals surface area contributed by atoms with Crippen LogP contribution in [-0.2, 0) is 16.4 Å². The molecule has 7 heteroatoms. The molecule has 0 saturated carbocycles. The number of sulfonamides is 1. The van der Waals surface area contributed by atoms with E-state index in [9.17, 15) is 13.2 Å². The van der Waals surface area contributed by atoms with E-state index in [1.807, 2.05) is 6.92 Å². The fourth-order valence-corrected chi connectivity index (χ4v) is 4.47. The first kappa shape index (κ1) is 16.8. The second-order valence-corrected chi connectivity index (χ2v) is 8.22. The standard InChI is InChI=1S/C17H17ClN2O3S/c1-11-8-13-9-12(6-7-16(13)20(11)24(2,22)23)17(21)19-15-5-3-4-14(18)10-15/h3-7,9-11H,8H2,1-2H3,(H,19,21)/t11-/m0/s1. The van der Waals surface area contributed by atoms with Crippen molar-refractivity contribution in [2.45, 2.75) is 19.4 Å². The van der Waals surface area contributed by atoms with E-state index < -0.39 is 10.0 Å². The Morgan fingerprint density at radius 1 is 1.25 bits per heavy atom. The highest BCUT2D eigenvalue weighted by Gasteiger charge is 2.32. The Morgan fingerprint density at radius 2 is 2.00 bits per heavy atom. The molecule has 3 rings (SSSR count). The van der Waals surface area contributed by atoms with Gasteiger partial charge >= 0.3 is 0 Å². The first-order valence-electron chi connectivity index (χ1n) is 7.45. The van der Waals surface area contributed by atoms with Gasteiger partial charge in [-0.25, -0.2) is 8.42 Å². The Balaban J connectivity index is 1.87. The summed E-state index contributed by atoms with van der Waals surface area (Å²) >= 11 is 5.91. The van der Waals surface area contributed by atoms with E-state index in [1.165, 1.54) is 10.6 Å². The minimum absolute atomic E-state index is 0.152. The second-order valence-electron chi connectivity index (χ2n) is 5.92. The number of hydrogen-bond donors (Lipinski definition) is 1. The van der Waals surface area contributed by atoms with Gasteiger partial charge in [-0.1, -0.05) is 17.7 Å². The Morgan fingerprint density at radius 3 is 2.67 bits per heavy atom. The number of halogens is 1. The van der Waals surface area contributed by atoms with Crippen LogP contribution in [0.3, 0.4) is 0 Å². The van der Waals surface area contributed by atoms with Gasteiger partial charge in [0.25, 0.3) is 5.91 Å². The number of carbonyl (C=O) groups is 1. The average molecular weight is 365 g/mol. The predicted octanol–water partition coefficient (Wildman–Crippen LogP) is 3.30. The van der Waals surface area contributed by atoms with E-state index in [-0.39, 0.29) is 11.9 Å². The fraction of sp³-hybridized carbons (Fsp3) is 0.235. The third kappa shape index (κ3) is 3.25. The summed E-state index contributed by atoms with van der Waals surface area (Å²) in [5, 5.41) is 3.33. The summed E-state index contributed by atoms with van der Waals surface area (Å²) in [6, 6.07) is 11.8. The van der Waals surface area contributed by atoms with Gasteiger partial charge < -0.3 is 5.32 Å². The number of fused-ring (bicyclic) bond motifs is 1. The SMILES string of the molecule is C[C@H]1Cc2cc(C(=O)Nc3cccc(Cl)c3)ccc2N1S(C)(=O)=O. The monoisotopic (exact) mass is 364 g/mol. The molecule has 1 aliphatic heterocycles. The molecule has 1 N–H and O–H groups in total. The summed E-state index contributed by atoms with van der Waals surface area (Å²) in [6.45, 7) is 1.85. The smallest absolute Gasteiger partial charge is 0.255 e. The van der Waals surface area contributed by atoms with Crippen LogP contribution in [-0.4, -0.2) is 26.6 Å². The summed E-state index contributed by atoms with van der Waals surface area (Å²) in [4.78, 5) is 12.4. The molecule has 1 amide bonds. The number of benzene rings is 2. The maximum Gasteiger partial charge on any atom is 0.255 e. The molecule has 0 aromatic heterocycles. The normalized spacial score (nSPS) is 16.8. The van der Waals surface area contributed by atoms with Gasteiger partial charge in [0.2, 0.25) is 10.0 Å². The molecule has 1 atom stereocenters. The van der Waals surface area contributed by atoms with Crippen LogP contribution < -0.4 is 9.62 Å². The van der Waals surface area contributed by atoms with Crippen molar-refractivity contribution in [2.75, 3.05) is 15.9 Å². The average Bonchev–Trinajstić information content (AvgIpc) is 2.81. The third-order valence-electron chi connectivity index (χ3n) is 3.93. The number of nitrogens with one attached hydrogen (secondary N) is 1. The molecule has 0 bridgehead atoms. The molecule has 0 saturated heterocycles. The Labute approximate surface area is 146 Å². The lowest BCUT2D eigenvalue weighted by Crippen LogP contribution is -2.34. The Hall–Kier alpha value is -2.05. The molecule has 0 aliphatic carbocycles. The van der Waals surface area contributed by atoms with E-state index in [0.717, 1.165) is 5.56 Å². The summed E-state index contributed by atoms with van der Waals surface area (Å²) < 4.78 is 25.3. The van der Waals surface area contributed by atoms with E-state index >= 15 is 0 Å². The summed E-state index contributed by atoms with van der Waals surface area (Å²) in [6.07, 6.45) is 1.78. The van der Waals surface area contributed by atoms with Crippen molar-refractivity contribution in [3.8, 4) is 0 Å². The molecule has 1 aliphatic rings. The number of rotatable bonds is 3. The first-order chi connectivity index (χ1) is 11.3. The summed E-state index contributed by atoms with van der Waals surface area (Å²) in [5.74, 6) is -0.259. The quantitative estimate of drug-likeness (QED) is 0.908. The van der Waals surface area contributed by atoms with Gasteiger partial charge in [-0.3, -0.25) is 9.10 Å². The predicted molar refractivity (Wildman–Crippen MR) is 96.3 cm³/mol. The summed E-state index contributed by atoms with van der Waals surface area (Å²) in [7, 11) is -3.33. The molecule has 0 fully saturated rings. The van der Waals surface area contributed by atoms with Crippen LogP contribution >= 0.6 is 11.6 Å². The zero-order valence-electron chi connectivity index (χ0n) is 13.3. The van der Waals surface area contributed by atoms with E-state index in [4.69, 9.17) is 11.6 Å². The van der Waals surface area contributed by atoms with Crippen molar-refractivity contribution in [1.82, 2.24) is 0 Å². The molecule has 1 heterocycles. The molecule has 126 valence electrons. The zero-order valence-corrected chi connectivity index (χ0v) is 14.9. The number of hydrogen-bond acceptors (Lipinski definition) is 3. The molecule has 0 spiro atoms. The van der Waals surface area contributed by atoms with Crippen LogP contribution in [0.5, 0.6) is 0 Å². The van der Waals surface area contributed by atoms with Crippen LogP contribution in [0.1, 0.15) is 22.8 Å². The number of amides is 1. The second kappa shape index (κ2) is 6.11. The van der Waals surface area contributed by atoms with Crippen LogP contribution in [0.4, 0.5) is 11.4 Å². The van der Waals surface area contributed by atoms with Crippen molar-refractivity contribution in [3.63, 3.8) is 0 Å². The lowest BCUT2D eigenvalue weighted by Gasteiger charge is -2.21. The van der Waals surface area contributed by atoms with E-state index in [2.05, 4.69) is 5.32 Å². The highest BCUT2D eigenvalue weighted by Crippen LogP contribution is 2.34. The Kier molecular flexibility index (Phi) is 4.27. The van der Waals surface area contributed by atoms with Crippen molar-refractivity contribution in [2.24, 2.45) is 0 Å². The third-order valence-corrected chi connectivity index (χ3v) is 5.44. The molecule has 2 aromatic carbocycles. The zero-order chi connectivity index (χ0) is 17.5. The molecule has 5 nitrogen and oxygen atoms in total. The first-order valence-corrected chi connectivity index (χ1v) is 9.67. The molecular formula is C17H17ClN2O3S. The maximum atomic E-state index is 12.4. The number of carbonyl (C=O) groups excluding carboxylic acids is 1. The lowest BCUT2D eigenvalue weighted by atomic mass is 10.1. The minimum Gasteiger partial charge on any atom is -0.322 e. The fourth-order valence-electron chi connectivity index (χ4n) is 3.02. The molecule has 0 unspecified atom stereocenters. The Bertz CT molecular complexity index is 912. The van der Waals surface area contributed by atoms with E-state index in [0.29, 0.717) is 28.4 Å². The van der Waals surface area contributed by atoms with Gasteiger partial charge in [-0.15, -0.1) is 0 Å². The van der Waals surface area contributed by atoms with Crippen LogP contribution in [0.15, 0.2) is 42.5 Å². The number of nitrogens with zero attached hydrogens (tertiary/aromatic N) is 1. The van der Waals surface area contributed by atoms with Crippen molar-refractivity contribution < 1.29 is 13.2 Å². The topological polar surface area (TPSA) is 66.5 Å². The highest BCUT2D eigenvalue weighted by molar-refractivity contribution is 7.92.